The molecule has 2 heterocycles. The Bertz CT molecular complexity index is 1230. The fourth-order valence-corrected chi connectivity index (χ4v) is 2.67. The van der Waals surface area contributed by atoms with Crippen LogP contribution in [0.1, 0.15) is 5.56 Å². The molecular formula is C19H14N4O5. The van der Waals surface area contributed by atoms with Gasteiger partial charge in [-0.25, -0.2) is 14.5 Å². The van der Waals surface area contributed by atoms with Gasteiger partial charge in [0.2, 0.25) is 5.95 Å². The van der Waals surface area contributed by atoms with Gasteiger partial charge in [-0.15, -0.1) is 0 Å². The summed E-state index contributed by atoms with van der Waals surface area (Å²) in [6.07, 6.45) is 1.05. The predicted octanol–water partition coefficient (Wildman–Crippen LogP) is 3.27. The van der Waals surface area contributed by atoms with Gasteiger partial charge in [-0.2, -0.15) is 5.10 Å². The zero-order valence-corrected chi connectivity index (χ0v) is 14.6. The molecule has 2 aromatic carbocycles. The second-order valence-corrected chi connectivity index (χ2v) is 5.93. The maximum Gasteiger partial charge on any atom is 0.511 e. The molecule has 0 bridgehead atoms. The monoisotopic (exact) mass is 378 g/mol. The molecular weight excluding hydrogens is 364 g/mol. The molecule has 140 valence electrons. The average Bonchev–Trinajstić information content (AvgIpc) is 3.11. The lowest BCUT2D eigenvalue weighted by molar-refractivity contribution is 0.144. The van der Waals surface area contributed by atoms with Crippen molar-refractivity contribution in [3.05, 3.63) is 70.8 Å². The minimum atomic E-state index is -1.46. The van der Waals surface area contributed by atoms with Crippen molar-refractivity contribution >= 4 is 17.1 Å². The van der Waals surface area contributed by atoms with Gasteiger partial charge in [-0.1, -0.05) is 18.2 Å². The number of para-hydroxylation sites is 1. The number of aromatic nitrogens is 4. The van der Waals surface area contributed by atoms with E-state index < -0.39 is 6.16 Å². The number of carboxylic acid groups (broad SMARTS) is 1. The van der Waals surface area contributed by atoms with Crippen LogP contribution in [-0.2, 0) is 0 Å². The van der Waals surface area contributed by atoms with E-state index in [4.69, 9.17) is 9.84 Å². The van der Waals surface area contributed by atoms with Crippen LogP contribution in [-0.4, -0.2) is 31.0 Å². The smallest absolute Gasteiger partial charge is 0.457 e. The van der Waals surface area contributed by atoms with Crippen molar-refractivity contribution in [1.82, 2.24) is 19.7 Å². The number of aryl methyl sites for hydroxylation is 1. The highest BCUT2D eigenvalue weighted by molar-refractivity contribution is 5.81. The van der Waals surface area contributed by atoms with Gasteiger partial charge in [0.25, 0.3) is 5.56 Å². The Labute approximate surface area is 157 Å². The maximum atomic E-state index is 12.6. The Morgan fingerprint density at radius 3 is 2.71 bits per heavy atom. The van der Waals surface area contributed by atoms with E-state index >= 15 is 0 Å². The van der Waals surface area contributed by atoms with Gasteiger partial charge in [-0.3, -0.25) is 9.78 Å². The molecule has 28 heavy (non-hydrogen) atoms. The van der Waals surface area contributed by atoms with Gasteiger partial charge in [-0.05, 0) is 36.8 Å². The number of nitrogens with one attached hydrogen (secondary N) is 1. The van der Waals surface area contributed by atoms with Crippen LogP contribution in [0, 0.1) is 6.92 Å². The summed E-state index contributed by atoms with van der Waals surface area (Å²) < 4.78 is 11.6. The van der Waals surface area contributed by atoms with Crippen LogP contribution in [0.15, 0.2) is 59.7 Å². The van der Waals surface area contributed by atoms with E-state index in [1.165, 1.54) is 17.1 Å². The fourth-order valence-electron chi connectivity index (χ4n) is 2.67. The quantitative estimate of drug-likeness (QED) is 0.523. The van der Waals surface area contributed by atoms with Gasteiger partial charge < -0.3 is 14.6 Å². The standard InChI is InChI=1S/C19H14N4O5/c1-11-7-15-14(8-16(11)27-12-5-3-2-4-6-12)17(24)22-18(21-15)23-10-13(9-20-23)28-19(25)26/h2-10H,1H3,(H,25,26)(H,21,22,24). The molecule has 0 aliphatic heterocycles. The van der Waals surface area contributed by atoms with E-state index in [0.29, 0.717) is 22.4 Å². The molecule has 0 spiro atoms. The molecule has 4 rings (SSSR count). The Hall–Kier alpha value is -4.14. The van der Waals surface area contributed by atoms with Gasteiger partial charge in [0.05, 0.1) is 23.3 Å². The molecule has 2 N–H and O–H groups in total. The van der Waals surface area contributed by atoms with E-state index in [1.807, 2.05) is 37.3 Å². The number of benzene rings is 2. The van der Waals surface area contributed by atoms with Crippen LogP contribution in [0.3, 0.4) is 0 Å². The van der Waals surface area contributed by atoms with Crippen molar-refractivity contribution in [2.45, 2.75) is 6.92 Å². The second kappa shape index (κ2) is 6.88. The lowest BCUT2D eigenvalue weighted by Gasteiger charge is -2.10. The lowest BCUT2D eigenvalue weighted by Crippen LogP contribution is -2.14. The zero-order chi connectivity index (χ0) is 19.7. The summed E-state index contributed by atoms with van der Waals surface area (Å²) in [4.78, 5) is 30.2. The second-order valence-electron chi connectivity index (χ2n) is 5.93. The minimum Gasteiger partial charge on any atom is -0.457 e. The van der Waals surface area contributed by atoms with Crippen LogP contribution in [0.5, 0.6) is 17.2 Å². The van der Waals surface area contributed by atoms with E-state index in [9.17, 15) is 9.59 Å². The SMILES string of the molecule is Cc1cc2nc(-n3cc(OC(=O)O)cn3)[nH]c(=O)c2cc1Oc1ccccc1. The van der Waals surface area contributed by atoms with Gasteiger partial charge in [0.15, 0.2) is 5.75 Å². The normalized spacial score (nSPS) is 10.8. The molecule has 0 saturated carbocycles. The van der Waals surface area contributed by atoms with Crippen molar-refractivity contribution < 1.29 is 19.4 Å². The molecule has 0 unspecified atom stereocenters. The van der Waals surface area contributed by atoms with Gasteiger partial charge >= 0.3 is 6.16 Å². The van der Waals surface area contributed by atoms with Crippen molar-refractivity contribution in [1.29, 1.82) is 0 Å². The number of nitrogens with zero attached hydrogens (tertiary/aromatic N) is 3. The van der Waals surface area contributed by atoms with Crippen LogP contribution in [0.2, 0.25) is 0 Å². The summed E-state index contributed by atoms with van der Waals surface area (Å²) in [5, 5.41) is 13.0. The molecule has 4 aromatic rings. The molecule has 0 aliphatic rings. The summed E-state index contributed by atoms with van der Waals surface area (Å²) in [6, 6.07) is 12.6. The number of carbonyl (C=O) groups is 1. The summed E-state index contributed by atoms with van der Waals surface area (Å²) in [6.45, 7) is 1.85. The Morgan fingerprint density at radius 1 is 1.18 bits per heavy atom. The first-order chi connectivity index (χ1) is 13.5. The molecule has 9 heteroatoms. The fraction of sp³-hybridized carbons (Fsp3) is 0.0526. The first kappa shape index (κ1) is 17.3. The molecule has 0 radical (unpaired) electrons. The van der Waals surface area contributed by atoms with E-state index in [2.05, 4.69) is 19.8 Å². The third-order valence-corrected chi connectivity index (χ3v) is 3.94. The first-order valence-electron chi connectivity index (χ1n) is 8.23. The molecule has 0 aliphatic carbocycles. The number of rotatable bonds is 4. The van der Waals surface area contributed by atoms with E-state index in [-0.39, 0.29) is 17.3 Å². The van der Waals surface area contributed by atoms with Crippen molar-refractivity contribution in [3.63, 3.8) is 0 Å². The highest BCUT2D eigenvalue weighted by atomic mass is 16.7. The minimum absolute atomic E-state index is 0.0121. The summed E-state index contributed by atoms with van der Waals surface area (Å²) in [7, 11) is 0. The summed E-state index contributed by atoms with van der Waals surface area (Å²) in [5.41, 5.74) is 0.873. The third-order valence-electron chi connectivity index (χ3n) is 3.94. The number of hydrogen-bond acceptors (Lipinski definition) is 6. The van der Waals surface area contributed by atoms with Crippen LogP contribution < -0.4 is 15.0 Å². The molecule has 0 atom stereocenters. The highest BCUT2D eigenvalue weighted by Gasteiger charge is 2.12. The number of aromatic amines is 1. The molecule has 9 nitrogen and oxygen atoms in total. The zero-order valence-electron chi connectivity index (χ0n) is 14.6. The van der Waals surface area contributed by atoms with Gasteiger partial charge in [0, 0.05) is 0 Å². The molecule has 2 aromatic heterocycles. The summed E-state index contributed by atoms with van der Waals surface area (Å²) >= 11 is 0. The molecule has 0 saturated heterocycles. The van der Waals surface area contributed by atoms with E-state index in [0.717, 1.165) is 5.56 Å². The van der Waals surface area contributed by atoms with Crippen molar-refractivity contribution in [3.8, 4) is 23.2 Å². The topological polar surface area (TPSA) is 119 Å². The number of ether oxygens (including phenoxy) is 2. The maximum absolute atomic E-state index is 12.6. The highest BCUT2D eigenvalue weighted by Crippen LogP contribution is 2.27. The Morgan fingerprint density at radius 2 is 1.96 bits per heavy atom. The Balaban J connectivity index is 1.73. The third kappa shape index (κ3) is 3.40. The Kier molecular flexibility index (Phi) is 4.24. The van der Waals surface area contributed by atoms with E-state index in [1.54, 1.807) is 12.1 Å². The number of fused-ring (bicyclic) bond motifs is 1. The average molecular weight is 378 g/mol. The number of H-pyrrole nitrogens is 1. The number of hydrogen-bond donors (Lipinski definition) is 2. The van der Waals surface area contributed by atoms with Crippen LogP contribution >= 0.6 is 0 Å². The van der Waals surface area contributed by atoms with Gasteiger partial charge in [0.1, 0.15) is 11.5 Å². The van der Waals surface area contributed by atoms with Crippen LogP contribution in [0.25, 0.3) is 16.9 Å². The first-order valence-corrected chi connectivity index (χ1v) is 8.23. The molecule has 0 fully saturated rings. The predicted molar refractivity (Wildman–Crippen MR) is 99.4 cm³/mol. The summed E-state index contributed by atoms with van der Waals surface area (Å²) in [5.74, 6) is 1.36. The largest absolute Gasteiger partial charge is 0.511 e. The lowest BCUT2D eigenvalue weighted by atomic mass is 10.1. The molecule has 0 amide bonds. The van der Waals surface area contributed by atoms with Crippen LogP contribution in [0.4, 0.5) is 4.79 Å². The van der Waals surface area contributed by atoms with Crippen molar-refractivity contribution in [2.75, 3.05) is 0 Å². The van der Waals surface area contributed by atoms with Crippen molar-refractivity contribution in [2.24, 2.45) is 0 Å².